The van der Waals surface area contributed by atoms with Crippen molar-refractivity contribution in [1.82, 2.24) is 4.98 Å². The number of rotatable bonds is 8. The van der Waals surface area contributed by atoms with Crippen LogP contribution in [0, 0.1) is 5.82 Å². The van der Waals surface area contributed by atoms with Crippen LogP contribution in [0.3, 0.4) is 0 Å². The van der Waals surface area contributed by atoms with Gasteiger partial charge in [-0.25, -0.2) is 9.37 Å². The minimum Gasteiger partial charge on any atom is -0.413 e. The van der Waals surface area contributed by atoms with Crippen molar-refractivity contribution in [2.75, 3.05) is 32.2 Å². The SMILES string of the molecule is COCc1cc(-c2cccc(CO[Si](C)C)c2F)cnc1N1CC(=NOC)C1. The topological polar surface area (TPSA) is 56.2 Å². The molecule has 1 aromatic carbocycles. The number of ether oxygens (including phenoxy) is 1. The predicted molar refractivity (Wildman–Crippen MR) is 109 cm³/mol. The van der Waals surface area contributed by atoms with Crippen molar-refractivity contribution in [2.24, 2.45) is 5.16 Å². The van der Waals surface area contributed by atoms with Gasteiger partial charge in [0, 0.05) is 35.6 Å². The summed E-state index contributed by atoms with van der Waals surface area (Å²) in [5.41, 5.74) is 3.67. The summed E-state index contributed by atoms with van der Waals surface area (Å²) in [6, 6.07) is 7.32. The molecule has 0 atom stereocenters. The van der Waals surface area contributed by atoms with Gasteiger partial charge < -0.3 is 18.9 Å². The number of methoxy groups -OCH3 is 1. The van der Waals surface area contributed by atoms with Crippen LogP contribution in [0.5, 0.6) is 0 Å². The Bertz CT molecular complexity index is 853. The summed E-state index contributed by atoms with van der Waals surface area (Å²) >= 11 is 0. The average Bonchev–Trinajstić information content (AvgIpc) is 2.64. The lowest BCUT2D eigenvalue weighted by Gasteiger charge is -2.34. The molecule has 2 aromatic rings. The van der Waals surface area contributed by atoms with Crippen LogP contribution in [0.1, 0.15) is 11.1 Å². The summed E-state index contributed by atoms with van der Waals surface area (Å²) in [5.74, 6) is 0.562. The van der Waals surface area contributed by atoms with E-state index in [0.29, 0.717) is 30.8 Å². The average molecular weight is 403 g/mol. The molecule has 1 fully saturated rings. The Morgan fingerprint density at radius 2 is 1.96 bits per heavy atom. The van der Waals surface area contributed by atoms with Gasteiger partial charge in [-0.05, 0) is 19.2 Å². The molecule has 8 heteroatoms. The molecule has 0 amide bonds. The van der Waals surface area contributed by atoms with E-state index in [-0.39, 0.29) is 12.4 Å². The number of pyridine rings is 1. The molecule has 2 heterocycles. The van der Waals surface area contributed by atoms with Gasteiger partial charge in [0.2, 0.25) is 9.04 Å². The quantitative estimate of drug-likeness (QED) is 0.499. The van der Waals surface area contributed by atoms with Gasteiger partial charge in [0.15, 0.2) is 0 Å². The second-order valence-electron chi connectivity index (χ2n) is 6.81. The lowest BCUT2D eigenvalue weighted by atomic mass is 10.0. The van der Waals surface area contributed by atoms with E-state index in [2.05, 4.69) is 15.0 Å². The van der Waals surface area contributed by atoms with Crippen LogP contribution in [0.15, 0.2) is 35.6 Å². The first-order valence-corrected chi connectivity index (χ1v) is 11.5. The second-order valence-corrected chi connectivity index (χ2v) is 8.92. The van der Waals surface area contributed by atoms with Gasteiger partial charge in [-0.1, -0.05) is 23.4 Å². The Kier molecular flexibility index (Phi) is 6.77. The number of hydrogen-bond donors (Lipinski definition) is 0. The zero-order valence-corrected chi connectivity index (χ0v) is 17.7. The Hall–Kier alpha value is -2.29. The fraction of sp³-hybridized carbons (Fsp3) is 0.400. The molecule has 0 bridgehead atoms. The molecule has 0 N–H and O–H groups in total. The third-order valence-corrected chi connectivity index (χ3v) is 5.14. The zero-order chi connectivity index (χ0) is 20.1. The number of anilines is 1. The Labute approximate surface area is 166 Å². The third kappa shape index (κ3) is 4.57. The Morgan fingerprint density at radius 3 is 2.64 bits per heavy atom. The van der Waals surface area contributed by atoms with Crippen LogP contribution in [-0.4, -0.2) is 47.0 Å². The van der Waals surface area contributed by atoms with E-state index in [0.717, 1.165) is 22.7 Å². The summed E-state index contributed by atoms with van der Waals surface area (Å²) in [4.78, 5) is 11.5. The lowest BCUT2D eigenvalue weighted by Crippen LogP contribution is -2.48. The van der Waals surface area contributed by atoms with Crippen molar-refractivity contribution >= 4 is 20.6 Å². The van der Waals surface area contributed by atoms with Crippen LogP contribution < -0.4 is 4.90 Å². The highest BCUT2D eigenvalue weighted by atomic mass is 28.3. The van der Waals surface area contributed by atoms with Crippen LogP contribution in [0.2, 0.25) is 13.1 Å². The maximum atomic E-state index is 15.0. The molecule has 1 aliphatic heterocycles. The minimum absolute atomic E-state index is 0.262. The lowest BCUT2D eigenvalue weighted by molar-refractivity contribution is 0.185. The van der Waals surface area contributed by atoms with E-state index < -0.39 is 9.04 Å². The standard InChI is InChI=1S/C20H25FN3O3Si/c1-25-12-16-8-15(9-22-20(16)24-10-17(11-24)23-26-2)18-7-5-6-14(19(18)21)13-27-28(3)4/h5-9H,10-13H2,1-4H3. The van der Waals surface area contributed by atoms with Gasteiger partial charge in [0.25, 0.3) is 0 Å². The molecule has 1 radical (unpaired) electrons. The van der Waals surface area contributed by atoms with E-state index >= 15 is 4.39 Å². The molecule has 0 spiro atoms. The molecule has 6 nitrogen and oxygen atoms in total. The molecule has 1 saturated heterocycles. The third-order valence-electron chi connectivity index (χ3n) is 4.42. The largest absolute Gasteiger partial charge is 0.413 e. The monoisotopic (exact) mass is 402 g/mol. The van der Waals surface area contributed by atoms with Crippen LogP contribution >= 0.6 is 0 Å². The van der Waals surface area contributed by atoms with E-state index in [9.17, 15) is 0 Å². The summed E-state index contributed by atoms with van der Waals surface area (Å²) in [7, 11) is 2.29. The van der Waals surface area contributed by atoms with Gasteiger partial charge in [0.1, 0.15) is 18.7 Å². The van der Waals surface area contributed by atoms with Crippen molar-refractivity contribution in [2.45, 2.75) is 26.3 Å². The fourth-order valence-corrected chi connectivity index (χ4v) is 3.51. The molecular formula is C20H25FN3O3Si. The molecule has 0 unspecified atom stereocenters. The number of hydrogen-bond acceptors (Lipinski definition) is 6. The summed E-state index contributed by atoms with van der Waals surface area (Å²) in [6.07, 6.45) is 1.71. The Morgan fingerprint density at radius 1 is 1.18 bits per heavy atom. The molecular weight excluding hydrogens is 377 g/mol. The molecule has 3 rings (SSSR count). The van der Waals surface area contributed by atoms with E-state index in [1.807, 2.05) is 25.2 Å². The maximum Gasteiger partial charge on any atom is 0.205 e. The van der Waals surface area contributed by atoms with Crippen molar-refractivity contribution in [3.8, 4) is 11.1 Å². The van der Waals surface area contributed by atoms with Crippen LogP contribution in [-0.2, 0) is 27.2 Å². The summed E-state index contributed by atoms with van der Waals surface area (Å²) in [5, 5.41) is 3.95. The highest BCUT2D eigenvalue weighted by Crippen LogP contribution is 2.30. The van der Waals surface area contributed by atoms with Gasteiger partial charge in [-0.3, -0.25) is 0 Å². The summed E-state index contributed by atoms with van der Waals surface area (Å²) in [6.45, 7) is 6.07. The predicted octanol–water partition coefficient (Wildman–Crippen LogP) is 3.62. The summed E-state index contributed by atoms with van der Waals surface area (Å²) < 4.78 is 26.0. The molecule has 0 saturated carbocycles. The first-order chi connectivity index (χ1) is 13.5. The Balaban J connectivity index is 1.88. The van der Waals surface area contributed by atoms with Crippen molar-refractivity contribution in [3.05, 3.63) is 47.4 Å². The van der Waals surface area contributed by atoms with Gasteiger partial charge in [0.05, 0.1) is 32.0 Å². The number of aromatic nitrogens is 1. The van der Waals surface area contributed by atoms with Gasteiger partial charge in [-0.2, -0.15) is 0 Å². The zero-order valence-electron chi connectivity index (χ0n) is 16.7. The second kappa shape index (κ2) is 9.27. The molecule has 0 aliphatic carbocycles. The van der Waals surface area contributed by atoms with E-state index in [1.165, 1.54) is 7.11 Å². The number of benzene rings is 1. The van der Waals surface area contributed by atoms with Crippen molar-refractivity contribution < 1.29 is 18.4 Å². The van der Waals surface area contributed by atoms with Crippen LogP contribution in [0.4, 0.5) is 10.2 Å². The molecule has 28 heavy (non-hydrogen) atoms. The van der Waals surface area contributed by atoms with E-state index in [1.54, 1.807) is 25.4 Å². The van der Waals surface area contributed by atoms with Crippen molar-refractivity contribution in [1.29, 1.82) is 0 Å². The number of halogens is 1. The highest BCUT2D eigenvalue weighted by Gasteiger charge is 2.26. The number of oxime groups is 1. The highest BCUT2D eigenvalue weighted by molar-refractivity contribution is 6.48. The first-order valence-electron chi connectivity index (χ1n) is 9.06. The van der Waals surface area contributed by atoms with Gasteiger partial charge >= 0.3 is 0 Å². The van der Waals surface area contributed by atoms with Gasteiger partial charge in [-0.15, -0.1) is 0 Å². The fourth-order valence-electron chi connectivity index (χ4n) is 3.06. The first kappa shape index (κ1) is 20.4. The molecule has 1 aliphatic rings. The number of nitrogens with zero attached hydrogens (tertiary/aromatic N) is 3. The molecule has 149 valence electrons. The smallest absolute Gasteiger partial charge is 0.205 e. The van der Waals surface area contributed by atoms with E-state index in [4.69, 9.17) is 14.0 Å². The molecule has 1 aromatic heterocycles. The van der Waals surface area contributed by atoms with Crippen molar-refractivity contribution in [3.63, 3.8) is 0 Å². The maximum absolute atomic E-state index is 15.0. The van der Waals surface area contributed by atoms with Crippen LogP contribution in [0.25, 0.3) is 11.1 Å². The minimum atomic E-state index is -0.879. The normalized spacial score (nSPS) is 13.6.